The molecule has 1 saturated carbocycles. The van der Waals surface area contributed by atoms with Crippen molar-refractivity contribution in [2.24, 2.45) is 5.92 Å². The number of ether oxygens (including phenoxy) is 2. The average molecular weight is 577 g/mol. The van der Waals surface area contributed by atoms with Gasteiger partial charge in [-0.1, -0.05) is 0 Å². The van der Waals surface area contributed by atoms with Gasteiger partial charge in [-0.25, -0.2) is 0 Å². The largest absolute Gasteiger partial charge is 0.493 e. The van der Waals surface area contributed by atoms with Gasteiger partial charge in [0.05, 0.1) is 37.8 Å². The number of carbonyl (C=O) groups excluding carboxylic acids is 2. The summed E-state index contributed by atoms with van der Waals surface area (Å²) >= 11 is 0. The smallest absolute Gasteiger partial charge is 0.416 e. The highest BCUT2D eigenvalue weighted by molar-refractivity contribution is 5.97. The zero-order valence-electron chi connectivity index (χ0n) is 22.2. The van der Waals surface area contributed by atoms with Crippen molar-refractivity contribution in [2.75, 3.05) is 26.8 Å². The van der Waals surface area contributed by atoms with Gasteiger partial charge in [-0.2, -0.15) is 13.2 Å². The van der Waals surface area contributed by atoms with Crippen LogP contribution in [0, 0.1) is 5.92 Å². The van der Waals surface area contributed by atoms with Gasteiger partial charge < -0.3 is 35.0 Å². The number of fused-ring (bicyclic) bond motifs is 3. The number of aliphatic hydroxyl groups excluding tert-OH is 3. The number of hydrogen-bond acceptors (Lipinski definition) is 7. The molecule has 1 heterocycles. The molecule has 3 aliphatic rings. The molecule has 4 unspecified atom stereocenters. The zero-order chi connectivity index (χ0) is 29.5. The predicted octanol–water partition coefficient (Wildman–Crippen LogP) is 2.38. The lowest BCUT2D eigenvalue weighted by atomic mass is 9.77. The van der Waals surface area contributed by atoms with E-state index in [1.165, 1.54) is 18.1 Å². The Kier molecular flexibility index (Phi) is 8.00. The molecule has 2 aromatic rings. The number of halogens is 3. The molecule has 0 radical (unpaired) electrons. The minimum absolute atomic E-state index is 0.0116. The Morgan fingerprint density at radius 3 is 2.44 bits per heavy atom. The molecule has 41 heavy (non-hydrogen) atoms. The molecule has 2 amide bonds. The molecule has 2 aliphatic carbocycles. The molecular formula is C29H31F3N2O7. The molecule has 0 saturated heterocycles. The van der Waals surface area contributed by atoms with Crippen molar-refractivity contribution < 1.29 is 47.6 Å². The van der Waals surface area contributed by atoms with Crippen LogP contribution in [0.25, 0.3) is 0 Å². The minimum Gasteiger partial charge on any atom is -0.493 e. The van der Waals surface area contributed by atoms with Crippen molar-refractivity contribution in [1.29, 1.82) is 0 Å². The van der Waals surface area contributed by atoms with Crippen LogP contribution in [0.2, 0.25) is 0 Å². The SMILES string of the molecule is COc1cc(CO)cc2c1OC1C2C(C(=O)NCCO)=CC(N(CC2CC2)C(=O)c2ccc(C(F)(F)F)cc2)C1O. The van der Waals surface area contributed by atoms with Crippen LogP contribution in [0.5, 0.6) is 11.5 Å². The van der Waals surface area contributed by atoms with E-state index in [1.54, 1.807) is 12.1 Å². The lowest BCUT2D eigenvalue weighted by molar-refractivity contribution is -0.137. The van der Waals surface area contributed by atoms with Crippen molar-refractivity contribution in [1.82, 2.24) is 10.2 Å². The number of methoxy groups -OCH3 is 1. The van der Waals surface area contributed by atoms with Gasteiger partial charge in [0.1, 0.15) is 12.2 Å². The maximum absolute atomic E-state index is 13.7. The van der Waals surface area contributed by atoms with Gasteiger partial charge in [-0.3, -0.25) is 9.59 Å². The fraction of sp³-hybridized carbons (Fsp3) is 0.448. The first kappa shape index (κ1) is 28.9. The van der Waals surface area contributed by atoms with Crippen LogP contribution in [0.1, 0.15) is 45.8 Å². The third-order valence-electron chi connectivity index (χ3n) is 7.73. The van der Waals surface area contributed by atoms with Gasteiger partial charge in [0.15, 0.2) is 11.5 Å². The number of carbonyl (C=O) groups is 2. The van der Waals surface area contributed by atoms with E-state index in [0.29, 0.717) is 22.6 Å². The van der Waals surface area contributed by atoms with Crippen LogP contribution in [-0.4, -0.2) is 77.1 Å². The van der Waals surface area contributed by atoms with Gasteiger partial charge >= 0.3 is 6.18 Å². The van der Waals surface area contributed by atoms with E-state index in [4.69, 9.17) is 9.47 Å². The van der Waals surface area contributed by atoms with Crippen molar-refractivity contribution in [2.45, 2.75) is 49.8 Å². The summed E-state index contributed by atoms with van der Waals surface area (Å²) in [5.41, 5.74) is 0.334. The number of alkyl halides is 3. The van der Waals surface area contributed by atoms with Crippen LogP contribution in [0.3, 0.4) is 0 Å². The number of nitrogens with zero attached hydrogens (tertiary/aromatic N) is 1. The summed E-state index contributed by atoms with van der Waals surface area (Å²) < 4.78 is 51.0. The molecule has 1 aliphatic heterocycles. The number of amides is 2. The van der Waals surface area contributed by atoms with E-state index in [-0.39, 0.29) is 43.4 Å². The van der Waals surface area contributed by atoms with Crippen LogP contribution < -0.4 is 14.8 Å². The Balaban J connectivity index is 1.56. The van der Waals surface area contributed by atoms with Gasteiger partial charge in [-0.05, 0) is 66.8 Å². The van der Waals surface area contributed by atoms with Crippen molar-refractivity contribution >= 4 is 11.8 Å². The first-order chi connectivity index (χ1) is 19.6. The van der Waals surface area contributed by atoms with E-state index >= 15 is 0 Å². The Morgan fingerprint density at radius 1 is 1.15 bits per heavy atom. The topological polar surface area (TPSA) is 129 Å². The highest BCUT2D eigenvalue weighted by Gasteiger charge is 2.52. The molecule has 0 bridgehead atoms. The zero-order valence-corrected chi connectivity index (χ0v) is 22.2. The maximum atomic E-state index is 13.7. The van der Waals surface area contributed by atoms with E-state index < -0.39 is 47.7 Å². The summed E-state index contributed by atoms with van der Waals surface area (Å²) in [5.74, 6) is -1.16. The average Bonchev–Trinajstić information content (AvgIpc) is 3.71. The van der Waals surface area contributed by atoms with E-state index in [0.717, 1.165) is 37.1 Å². The van der Waals surface area contributed by atoms with Gasteiger partial charge in [0, 0.05) is 29.8 Å². The molecule has 0 aromatic heterocycles. The molecule has 12 heteroatoms. The predicted molar refractivity (Wildman–Crippen MR) is 139 cm³/mol. The number of benzene rings is 2. The Bertz CT molecular complexity index is 1340. The quantitative estimate of drug-likeness (QED) is 0.361. The summed E-state index contributed by atoms with van der Waals surface area (Å²) in [7, 11) is 1.42. The van der Waals surface area contributed by atoms with E-state index in [2.05, 4.69) is 5.32 Å². The maximum Gasteiger partial charge on any atom is 0.416 e. The third-order valence-corrected chi connectivity index (χ3v) is 7.73. The van der Waals surface area contributed by atoms with E-state index in [9.17, 15) is 38.1 Å². The first-order valence-corrected chi connectivity index (χ1v) is 13.3. The van der Waals surface area contributed by atoms with Crippen molar-refractivity contribution in [3.05, 3.63) is 70.3 Å². The third kappa shape index (κ3) is 5.64. The highest BCUT2D eigenvalue weighted by atomic mass is 19.4. The molecule has 4 N–H and O–H groups in total. The van der Waals surface area contributed by atoms with E-state index in [1.807, 2.05) is 0 Å². The molecule has 9 nitrogen and oxygen atoms in total. The minimum atomic E-state index is -4.56. The van der Waals surface area contributed by atoms with Crippen LogP contribution in [0.15, 0.2) is 48.0 Å². The van der Waals surface area contributed by atoms with Gasteiger partial charge in [0.2, 0.25) is 5.91 Å². The molecule has 220 valence electrons. The second kappa shape index (κ2) is 11.3. The molecule has 0 spiro atoms. The fourth-order valence-corrected chi connectivity index (χ4v) is 5.51. The standard InChI is InChI=1S/C29H31F3N2O7/c1-40-22-11-16(14-36)10-19-23-20(27(38)33-8-9-35)12-21(24(37)26(23)41-25(19)22)34(13-15-2-3-15)28(39)17-4-6-18(7-5-17)29(30,31)32/h4-7,10-12,15,21,23-24,26,35-37H,2-3,8-9,13-14H2,1H3,(H,33,38). The Hall–Kier alpha value is -3.61. The number of hydrogen-bond donors (Lipinski definition) is 4. The van der Waals surface area contributed by atoms with Gasteiger partial charge in [-0.15, -0.1) is 0 Å². The first-order valence-electron chi connectivity index (χ1n) is 13.3. The summed E-state index contributed by atoms with van der Waals surface area (Å²) in [6.45, 7) is -0.426. The van der Waals surface area contributed by atoms with Crippen molar-refractivity contribution in [3.63, 3.8) is 0 Å². The summed E-state index contributed by atoms with van der Waals surface area (Å²) in [6.07, 6.45) is -3.69. The summed E-state index contributed by atoms with van der Waals surface area (Å²) in [4.78, 5) is 28.5. The monoisotopic (exact) mass is 576 g/mol. The number of nitrogens with one attached hydrogen (secondary N) is 1. The van der Waals surface area contributed by atoms with Crippen LogP contribution in [-0.2, 0) is 17.6 Å². The second-order valence-electron chi connectivity index (χ2n) is 10.5. The molecule has 2 aromatic carbocycles. The lowest BCUT2D eigenvalue weighted by Gasteiger charge is -2.41. The van der Waals surface area contributed by atoms with Crippen LogP contribution in [0.4, 0.5) is 13.2 Å². The summed E-state index contributed by atoms with van der Waals surface area (Å²) in [6, 6.07) is 6.08. The lowest BCUT2D eigenvalue weighted by Crippen LogP contribution is -2.56. The molecule has 4 atom stereocenters. The second-order valence-corrected chi connectivity index (χ2v) is 10.5. The molecular weight excluding hydrogens is 545 g/mol. The number of rotatable bonds is 9. The fourth-order valence-electron chi connectivity index (χ4n) is 5.51. The van der Waals surface area contributed by atoms with Crippen molar-refractivity contribution in [3.8, 4) is 11.5 Å². The highest BCUT2D eigenvalue weighted by Crippen LogP contribution is 2.51. The van der Waals surface area contributed by atoms with Crippen LogP contribution >= 0.6 is 0 Å². The van der Waals surface area contributed by atoms with Gasteiger partial charge in [0.25, 0.3) is 5.91 Å². The molecule has 1 fully saturated rings. The number of aliphatic hydroxyl groups is 3. The normalized spacial score (nSPS) is 23.1. The molecule has 5 rings (SSSR count). The Labute approximate surface area is 234 Å². The Morgan fingerprint density at radius 2 is 1.85 bits per heavy atom. The summed E-state index contributed by atoms with van der Waals surface area (Å²) in [5, 5.41) is 33.4.